The molecule has 1 N–H and O–H groups in total. The van der Waals surface area contributed by atoms with Crippen LogP contribution >= 0.6 is 0 Å². The summed E-state index contributed by atoms with van der Waals surface area (Å²) in [5.41, 5.74) is 0.946. The van der Waals surface area contributed by atoms with Gasteiger partial charge in [0.15, 0.2) is 13.2 Å². The Morgan fingerprint density at radius 2 is 1.74 bits per heavy atom. The van der Waals surface area contributed by atoms with Gasteiger partial charge in [-0.2, -0.15) is 0 Å². The van der Waals surface area contributed by atoms with E-state index in [-0.39, 0.29) is 11.7 Å². The molecule has 142 valence electrons. The minimum absolute atomic E-state index is 0.153. The predicted octanol–water partition coefficient (Wildman–Crippen LogP) is 2.09. The summed E-state index contributed by atoms with van der Waals surface area (Å²) >= 11 is 0. The van der Waals surface area contributed by atoms with E-state index in [1.807, 2.05) is 0 Å². The molecule has 8 heteroatoms. The number of hydrogen-bond donors (Lipinski definition) is 1. The third-order valence-corrected chi connectivity index (χ3v) is 3.34. The highest BCUT2D eigenvalue weighted by Crippen LogP contribution is 2.12. The van der Waals surface area contributed by atoms with Crippen molar-refractivity contribution in [2.75, 3.05) is 32.6 Å². The lowest BCUT2D eigenvalue weighted by Gasteiger charge is -2.11. The van der Waals surface area contributed by atoms with Gasteiger partial charge in [-0.1, -0.05) is 6.07 Å². The molecule has 2 rings (SSSR count). The third-order valence-electron chi connectivity index (χ3n) is 3.34. The zero-order chi connectivity index (χ0) is 19.8. The number of nitrogens with zero attached hydrogens (tertiary/aromatic N) is 1. The second-order valence-corrected chi connectivity index (χ2v) is 5.73. The van der Waals surface area contributed by atoms with E-state index in [1.165, 1.54) is 23.1 Å². The first kappa shape index (κ1) is 19.9. The molecule has 0 aliphatic carbocycles. The number of hydrogen-bond acceptors (Lipinski definition) is 5. The van der Waals surface area contributed by atoms with Crippen molar-refractivity contribution in [2.45, 2.75) is 0 Å². The average molecular weight is 374 g/mol. The predicted molar refractivity (Wildman–Crippen MR) is 95.9 cm³/mol. The maximum Gasteiger partial charge on any atom is 0.344 e. The minimum atomic E-state index is -0.763. The maximum atomic E-state index is 13.0. The lowest BCUT2D eigenvalue weighted by Crippen LogP contribution is -2.24. The Balaban J connectivity index is 1.75. The number of carbonyl (C=O) groups is 3. The van der Waals surface area contributed by atoms with E-state index in [1.54, 1.807) is 38.4 Å². The molecular formula is C19H19FN2O5. The van der Waals surface area contributed by atoms with Gasteiger partial charge in [0.25, 0.3) is 11.8 Å². The highest BCUT2D eigenvalue weighted by molar-refractivity contribution is 5.96. The second-order valence-electron chi connectivity index (χ2n) is 5.73. The minimum Gasteiger partial charge on any atom is -0.482 e. The molecule has 0 aliphatic heterocycles. The van der Waals surface area contributed by atoms with Crippen LogP contribution in [0.15, 0.2) is 48.5 Å². The van der Waals surface area contributed by atoms with Crippen molar-refractivity contribution >= 4 is 23.5 Å². The summed E-state index contributed by atoms with van der Waals surface area (Å²) in [5, 5.41) is 2.54. The molecule has 0 saturated heterocycles. The van der Waals surface area contributed by atoms with Crippen LogP contribution in [0.5, 0.6) is 5.75 Å². The number of carbonyl (C=O) groups excluding carboxylic acids is 3. The van der Waals surface area contributed by atoms with Gasteiger partial charge in [0.1, 0.15) is 11.6 Å². The largest absolute Gasteiger partial charge is 0.482 e. The van der Waals surface area contributed by atoms with Crippen LogP contribution in [0.2, 0.25) is 0 Å². The van der Waals surface area contributed by atoms with Crippen LogP contribution in [-0.4, -0.2) is 50.0 Å². The average Bonchev–Trinajstić information content (AvgIpc) is 2.64. The van der Waals surface area contributed by atoms with Gasteiger partial charge in [-0.05, 0) is 36.4 Å². The first-order valence-electron chi connectivity index (χ1n) is 8.00. The Morgan fingerprint density at radius 3 is 2.37 bits per heavy atom. The van der Waals surface area contributed by atoms with Gasteiger partial charge >= 0.3 is 5.97 Å². The monoisotopic (exact) mass is 374 g/mol. The lowest BCUT2D eigenvalue weighted by molar-refractivity contribution is -0.149. The summed E-state index contributed by atoms with van der Waals surface area (Å²) < 4.78 is 22.9. The molecular weight excluding hydrogens is 355 g/mol. The SMILES string of the molecule is CN(C)C(=O)c1ccc(NC(=O)COC(=O)COc2cccc(F)c2)cc1. The normalized spacial score (nSPS) is 10.0. The molecule has 0 unspecified atom stereocenters. The summed E-state index contributed by atoms with van der Waals surface area (Å²) in [5.74, 6) is -1.76. The van der Waals surface area contributed by atoms with E-state index < -0.39 is 30.9 Å². The van der Waals surface area contributed by atoms with Crippen LogP contribution < -0.4 is 10.1 Å². The summed E-state index contributed by atoms with van der Waals surface area (Å²) in [6, 6.07) is 11.6. The highest BCUT2D eigenvalue weighted by atomic mass is 19.1. The Morgan fingerprint density at radius 1 is 1.04 bits per heavy atom. The number of rotatable bonds is 7. The van der Waals surface area contributed by atoms with Crippen LogP contribution in [0.4, 0.5) is 10.1 Å². The van der Waals surface area contributed by atoms with E-state index in [4.69, 9.17) is 9.47 Å². The molecule has 0 aromatic heterocycles. The molecule has 2 aromatic carbocycles. The van der Waals surface area contributed by atoms with Gasteiger partial charge in [-0.15, -0.1) is 0 Å². The number of esters is 1. The van der Waals surface area contributed by atoms with E-state index in [0.717, 1.165) is 6.07 Å². The van der Waals surface area contributed by atoms with E-state index in [2.05, 4.69) is 5.32 Å². The topological polar surface area (TPSA) is 84.9 Å². The van der Waals surface area contributed by atoms with Crippen molar-refractivity contribution in [3.05, 3.63) is 59.9 Å². The lowest BCUT2D eigenvalue weighted by atomic mass is 10.2. The molecule has 0 fully saturated rings. The highest BCUT2D eigenvalue weighted by Gasteiger charge is 2.11. The van der Waals surface area contributed by atoms with Crippen molar-refractivity contribution in [2.24, 2.45) is 0 Å². The number of nitrogens with one attached hydrogen (secondary N) is 1. The summed E-state index contributed by atoms with van der Waals surface area (Å²) in [7, 11) is 3.29. The molecule has 2 amide bonds. The third kappa shape index (κ3) is 6.43. The Labute approximate surface area is 155 Å². The standard InChI is InChI=1S/C19H19FN2O5/c1-22(2)19(25)13-6-8-15(9-7-13)21-17(23)11-27-18(24)12-26-16-5-3-4-14(20)10-16/h3-10H,11-12H2,1-2H3,(H,21,23). The number of benzene rings is 2. The zero-order valence-corrected chi connectivity index (χ0v) is 14.9. The molecule has 0 atom stereocenters. The molecule has 0 bridgehead atoms. The van der Waals surface area contributed by atoms with Crippen molar-refractivity contribution in [1.29, 1.82) is 0 Å². The summed E-state index contributed by atoms with van der Waals surface area (Å²) in [6.07, 6.45) is 0. The van der Waals surface area contributed by atoms with Crippen LogP contribution in [0.3, 0.4) is 0 Å². The first-order valence-corrected chi connectivity index (χ1v) is 8.00. The van der Waals surface area contributed by atoms with Gasteiger partial charge in [0.2, 0.25) is 0 Å². The Kier molecular flexibility index (Phi) is 6.87. The van der Waals surface area contributed by atoms with Crippen LogP contribution in [0.25, 0.3) is 0 Å². The van der Waals surface area contributed by atoms with E-state index >= 15 is 0 Å². The van der Waals surface area contributed by atoms with Gasteiger partial charge in [0.05, 0.1) is 0 Å². The number of ether oxygens (including phenoxy) is 2. The second kappa shape index (κ2) is 9.33. The molecule has 0 saturated carbocycles. The van der Waals surface area contributed by atoms with E-state index in [9.17, 15) is 18.8 Å². The van der Waals surface area contributed by atoms with Crippen LogP contribution in [0, 0.1) is 5.82 Å². The molecule has 0 radical (unpaired) electrons. The number of anilines is 1. The van der Waals surface area contributed by atoms with Crippen LogP contribution in [0.1, 0.15) is 10.4 Å². The molecule has 0 heterocycles. The number of halogens is 1. The first-order chi connectivity index (χ1) is 12.8. The fourth-order valence-electron chi connectivity index (χ4n) is 2.04. The fourth-order valence-corrected chi connectivity index (χ4v) is 2.04. The summed E-state index contributed by atoms with van der Waals surface area (Å²) in [4.78, 5) is 36.6. The Bertz CT molecular complexity index is 821. The maximum absolute atomic E-state index is 13.0. The quantitative estimate of drug-likeness (QED) is 0.750. The Hall–Kier alpha value is -3.42. The van der Waals surface area contributed by atoms with Gasteiger partial charge in [0, 0.05) is 31.4 Å². The molecule has 27 heavy (non-hydrogen) atoms. The molecule has 0 spiro atoms. The van der Waals surface area contributed by atoms with Crippen LogP contribution in [-0.2, 0) is 14.3 Å². The van der Waals surface area contributed by atoms with Crippen molar-refractivity contribution in [3.8, 4) is 5.75 Å². The van der Waals surface area contributed by atoms with Crippen molar-refractivity contribution < 1.29 is 28.2 Å². The van der Waals surface area contributed by atoms with Crippen molar-refractivity contribution in [3.63, 3.8) is 0 Å². The van der Waals surface area contributed by atoms with Gasteiger partial charge in [-0.25, -0.2) is 9.18 Å². The van der Waals surface area contributed by atoms with E-state index in [0.29, 0.717) is 11.3 Å². The van der Waals surface area contributed by atoms with Gasteiger partial charge < -0.3 is 19.7 Å². The smallest absolute Gasteiger partial charge is 0.344 e. The molecule has 7 nitrogen and oxygen atoms in total. The fraction of sp³-hybridized carbons (Fsp3) is 0.211. The summed E-state index contributed by atoms with van der Waals surface area (Å²) in [6.45, 7) is -0.943. The zero-order valence-electron chi connectivity index (χ0n) is 14.9. The van der Waals surface area contributed by atoms with Crippen molar-refractivity contribution in [1.82, 2.24) is 4.90 Å². The molecule has 2 aromatic rings. The molecule has 0 aliphatic rings. The van der Waals surface area contributed by atoms with Gasteiger partial charge in [-0.3, -0.25) is 9.59 Å². The number of amides is 2.